The second-order valence-corrected chi connectivity index (χ2v) is 7.15. The summed E-state index contributed by atoms with van der Waals surface area (Å²) in [5.74, 6) is 2.43. The predicted molar refractivity (Wildman–Crippen MR) is 98.0 cm³/mol. The van der Waals surface area contributed by atoms with Gasteiger partial charge in [0.05, 0.1) is 14.2 Å². The summed E-state index contributed by atoms with van der Waals surface area (Å²) in [5, 5.41) is 7.59. The highest BCUT2D eigenvalue weighted by molar-refractivity contribution is 5.42. The van der Waals surface area contributed by atoms with Gasteiger partial charge in [0.15, 0.2) is 11.5 Å². The lowest BCUT2D eigenvalue weighted by Crippen LogP contribution is -2.47. The van der Waals surface area contributed by atoms with Gasteiger partial charge in [0.25, 0.3) is 0 Å². The van der Waals surface area contributed by atoms with Gasteiger partial charge in [-0.1, -0.05) is 18.9 Å². The Labute approximate surface area is 146 Å². The number of hydrogen-bond acceptors (Lipinski definition) is 4. The van der Waals surface area contributed by atoms with E-state index in [-0.39, 0.29) is 0 Å². The minimum absolute atomic E-state index is 0.681. The number of rotatable bonds is 7. The standard InChI is InChI=1S/C20H32N2O2/c1-23-19-10-9-15(14-20(19)24-2)11-13-22-18-8-5-6-16(18)17-7-3-4-12-21-17/h9-10,14,16-18,21-22H,3-8,11-13H2,1-2H3. The number of hydrogen-bond donors (Lipinski definition) is 2. The Morgan fingerprint density at radius 3 is 2.67 bits per heavy atom. The summed E-state index contributed by atoms with van der Waals surface area (Å²) < 4.78 is 10.7. The molecule has 2 N–H and O–H groups in total. The van der Waals surface area contributed by atoms with Gasteiger partial charge in [0, 0.05) is 12.1 Å². The molecule has 1 aromatic rings. The van der Waals surface area contributed by atoms with E-state index >= 15 is 0 Å². The minimum atomic E-state index is 0.681. The van der Waals surface area contributed by atoms with Gasteiger partial charge >= 0.3 is 0 Å². The quantitative estimate of drug-likeness (QED) is 0.805. The van der Waals surface area contributed by atoms with Crippen molar-refractivity contribution in [1.29, 1.82) is 0 Å². The highest BCUT2D eigenvalue weighted by Crippen LogP contribution is 2.32. The molecule has 1 saturated heterocycles. The maximum atomic E-state index is 5.40. The van der Waals surface area contributed by atoms with E-state index in [0.717, 1.165) is 36.4 Å². The second kappa shape index (κ2) is 8.72. The van der Waals surface area contributed by atoms with Gasteiger partial charge in [-0.2, -0.15) is 0 Å². The lowest BCUT2D eigenvalue weighted by Gasteiger charge is -2.33. The molecule has 1 aliphatic carbocycles. The zero-order chi connectivity index (χ0) is 16.8. The van der Waals surface area contributed by atoms with Crippen LogP contribution in [-0.2, 0) is 6.42 Å². The van der Waals surface area contributed by atoms with Crippen molar-refractivity contribution in [3.05, 3.63) is 23.8 Å². The van der Waals surface area contributed by atoms with Crippen molar-refractivity contribution >= 4 is 0 Å². The van der Waals surface area contributed by atoms with Crippen LogP contribution < -0.4 is 20.1 Å². The molecule has 4 heteroatoms. The Morgan fingerprint density at radius 1 is 1.04 bits per heavy atom. The van der Waals surface area contributed by atoms with Crippen LogP contribution in [0.3, 0.4) is 0 Å². The molecule has 3 atom stereocenters. The van der Waals surface area contributed by atoms with E-state index in [1.54, 1.807) is 14.2 Å². The zero-order valence-electron chi connectivity index (χ0n) is 15.1. The van der Waals surface area contributed by atoms with Crippen molar-refractivity contribution in [3.63, 3.8) is 0 Å². The first-order valence-electron chi connectivity index (χ1n) is 9.49. The van der Waals surface area contributed by atoms with Gasteiger partial charge in [-0.25, -0.2) is 0 Å². The maximum Gasteiger partial charge on any atom is 0.160 e. The van der Waals surface area contributed by atoms with E-state index in [1.165, 1.54) is 50.6 Å². The molecule has 0 radical (unpaired) electrons. The van der Waals surface area contributed by atoms with E-state index in [2.05, 4.69) is 22.8 Å². The molecular formula is C20H32N2O2. The molecule has 24 heavy (non-hydrogen) atoms. The first-order valence-corrected chi connectivity index (χ1v) is 9.49. The van der Waals surface area contributed by atoms with E-state index in [1.807, 2.05) is 6.07 Å². The van der Waals surface area contributed by atoms with Crippen LogP contribution in [0.4, 0.5) is 0 Å². The van der Waals surface area contributed by atoms with E-state index in [9.17, 15) is 0 Å². The third kappa shape index (κ3) is 4.22. The van der Waals surface area contributed by atoms with E-state index in [4.69, 9.17) is 9.47 Å². The van der Waals surface area contributed by atoms with Crippen LogP contribution in [0, 0.1) is 5.92 Å². The van der Waals surface area contributed by atoms with E-state index in [0.29, 0.717) is 6.04 Å². The van der Waals surface area contributed by atoms with Crippen molar-refractivity contribution in [3.8, 4) is 11.5 Å². The van der Waals surface area contributed by atoms with E-state index < -0.39 is 0 Å². The van der Waals surface area contributed by atoms with Gasteiger partial charge in [0.1, 0.15) is 0 Å². The Balaban J connectivity index is 1.50. The summed E-state index contributed by atoms with van der Waals surface area (Å²) in [6.45, 7) is 2.24. The van der Waals surface area contributed by atoms with Crippen LogP contribution in [0.5, 0.6) is 11.5 Å². The molecule has 0 spiro atoms. The van der Waals surface area contributed by atoms with Crippen LogP contribution in [-0.4, -0.2) is 39.4 Å². The normalized spacial score (nSPS) is 27.2. The summed E-state index contributed by atoms with van der Waals surface area (Å²) in [4.78, 5) is 0. The SMILES string of the molecule is COc1ccc(CCNC2CCCC2C2CCCCN2)cc1OC. The largest absolute Gasteiger partial charge is 0.493 e. The number of methoxy groups -OCH3 is 2. The monoisotopic (exact) mass is 332 g/mol. The van der Waals surface area contributed by atoms with Crippen LogP contribution in [0.2, 0.25) is 0 Å². The summed E-state index contributed by atoms with van der Waals surface area (Å²) in [6, 6.07) is 7.65. The van der Waals surface area contributed by atoms with Crippen molar-refractivity contribution in [2.45, 2.75) is 57.0 Å². The number of nitrogens with one attached hydrogen (secondary N) is 2. The highest BCUT2D eigenvalue weighted by atomic mass is 16.5. The molecular weight excluding hydrogens is 300 g/mol. The maximum absolute atomic E-state index is 5.40. The predicted octanol–water partition coefficient (Wildman–Crippen LogP) is 3.15. The smallest absolute Gasteiger partial charge is 0.160 e. The Bertz CT molecular complexity index is 514. The number of ether oxygens (including phenoxy) is 2. The zero-order valence-corrected chi connectivity index (χ0v) is 15.1. The Morgan fingerprint density at radius 2 is 1.92 bits per heavy atom. The van der Waals surface area contributed by atoms with Crippen molar-refractivity contribution in [2.75, 3.05) is 27.3 Å². The van der Waals surface area contributed by atoms with Gasteiger partial charge in [-0.15, -0.1) is 0 Å². The first-order chi connectivity index (χ1) is 11.8. The van der Waals surface area contributed by atoms with Crippen LogP contribution in [0.15, 0.2) is 18.2 Å². The van der Waals surface area contributed by atoms with Gasteiger partial charge in [-0.05, 0) is 68.8 Å². The van der Waals surface area contributed by atoms with Gasteiger partial charge in [0.2, 0.25) is 0 Å². The summed E-state index contributed by atoms with van der Waals surface area (Å²) >= 11 is 0. The molecule has 0 bridgehead atoms. The topological polar surface area (TPSA) is 42.5 Å². The average molecular weight is 332 g/mol. The number of benzene rings is 1. The van der Waals surface area contributed by atoms with Crippen LogP contribution >= 0.6 is 0 Å². The molecule has 2 fully saturated rings. The lowest BCUT2D eigenvalue weighted by molar-refractivity contribution is 0.258. The minimum Gasteiger partial charge on any atom is -0.493 e. The fraction of sp³-hybridized carbons (Fsp3) is 0.700. The third-order valence-corrected chi connectivity index (χ3v) is 5.70. The molecule has 2 aliphatic rings. The fourth-order valence-electron chi connectivity index (χ4n) is 4.41. The molecule has 1 saturated carbocycles. The average Bonchev–Trinajstić information content (AvgIpc) is 3.11. The molecule has 1 aliphatic heterocycles. The van der Waals surface area contributed by atoms with Crippen molar-refractivity contribution < 1.29 is 9.47 Å². The van der Waals surface area contributed by atoms with Gasteiger partial charge < -0.3 is 20.1 Å². The summed E-state index contributed by atoms with van der Waals surface area (Å²) in [7, 11) is 3.37. The summed E-state index contributed by atoms with van der Waals surface area (Å²) in [6.07, 6.45) is 9.21. The van der Waals surface area contributed by atoms with Crippen molar-refractivity contribution in [2.24, 2.45) is 5.92 Å². The molecule has 134 valence electrons. The second-order valence-electron chi connectivity index (χ2n) is 7.15. The molecule has 1 heterocycles. The number of piperidine rings is 1. The molecule has 3 rings (SSSR count). The van der Waals surface area contributed by atoms with Crippen molar-refractivity contribution in [1.82, 2.24) is 10.6 Å². The highest BCUT2D eigenvalue weighted by Gasteiger charge is 2.33. The molecule has 0 aromatic heterocycles. The third-order valence-electron chi connectivity index (χ3n) is 5.70. The molecule has 0 amide bonds. The van der Waals surface area contributed by atoms with Gasteiger partial charge in [-0.3, -0.25) is 0 Å². The summed E-state index contributed by atoms with van der Waals surface area (Å²) in [5.41, 5.74) is 1.30. The Hall–Kier alpha value is -1.26. The molecule has 4 nitrogen and oxygen atoms in total. The first kappa shape index (κ1) is 17.6. The lowest BCUT2D eigenvalue weighted by atomic mass is 9.88. The fourth-order valence-corrected chi connectivity index (χ4v) is 4.41. The van der Waals surface area contributed by atoms with Crippen LogP contribution in [0.1, 0.15) is 44.1 Å². The molecule has 1 aromatic carbocycles. The molecule has 3 unspecified atom stereocenters. The van der Waals surface area contributed by atoms with Crippen LogP contribution in [0.25, 0.3) is 0 Å². The Kier molecular flexibility index (Phi) is 6.38.